The van der Waals surface area contributed by atoms with Gasteiger partial charge in [-0.1, -0.05) is 48.5 Å². The van der Waals surface area contributed by atoms with Gasteiger partial charge in [0, 0.05) is 18.7 Å². The van der Waals surface area contributed by atoms with E-state index >= 15 is 0 Å². The van der Waals surface area contributed by atoms with Gasteiger partial charge in [-0.15, -0.1) is 0 Å². The van der Waals surface area contributed by atoms with Crippen molar-refractivity contribution in [2.45, 2.75) is 19.4 Å². The average molecular weight is 294 g/mol. The summed E-state index contributed by atoms with van der Waals surface area (Å²) < 4.78 is 0. The van der Waals surface area contributed by atoms with Crippen molar-refractivity contribution in [1.29, 1.82) is 0 Å². The molecule has 0 radical (unpaired) electrons. The third-order valence-electron chi connectivity index (χ3n) is 3.83. The molecule has 0 atom stereocenters. The first kappa shape index (κ1) is 14.3. The van der Waals surface area contributed by atoms with Crippen LogP contribution in [0.2, 0.25) is 0 Å². The van der Waals surface area contributed by atoms with Crippen molar-refractivity contribution in [2.24, 2.45) is 0 Å². The molecule has 3 rings (SSSR count). The summed E-state index contributed by atoms with van der Waals surface area (Å²) >= 11 is 0. The maximum Gasteiger partial charge on any atom is 0.240 e. The lowest BCUT2D eigenvalue weighted by Crippen LogP contribution is -2.42. The Balaban J connectivity index is 1.65. The van der Waals surface area contributed by atoms with Gasteiger partial charge in [0.05, 0.1) is 0 Å². The molecule has 1 N–H and O–H groups in total. The lowest BCUT2D eigenvalue weighted by molar-refractivity contribution is -0.124. The van der Waals surface area contributed by atoms with Crippen LogP contribution in [0.15, 0.2) is 54.6 Å². The van der Waals surface area contributed by atoms with Crippen LogP contribution in [0.4, 0.5) is 5.69 Å². The highest BCUT2D eigenvalue weighted by molar-refractivity contribution is 6.00. The third-order valence-corrected chi connectivity index (χ3v) is 3.83. The number of aryl methyl sites for hydroxylation is 1. The fraction of sp³-hybridized carbons (Fsp3) is 0.222. The predicted octanol–water partition coefficient (Wildman–Crippen LogP) is 2.28. The van der Waals surface area contributed by atoms with E-state index < -0.39 is 0 Å². The second-order valence-corrected chi connectivity index (χ2v) is 5.37. The zero-order valence-corrected chi connectivity index (χ0v) is 12.3. The molecule has 112 valence electrons. The number of anilines is 1. The van der Waals surface area contributed by atoms with Crippen molar-refractivity contribution < 1.29 is 9.59 Å². The molecule has 2 amide bonds. The molecule has 4 nitrogen and oxygen atoms in total. The van der Waals surface area contributed by atoms with Gasteiger partial charge in [-0.3, -0.25) is 9.59 Å². The van der Waals surface area contributed by atoms with Gasteiger partial charge >= 0.3 is 0 Å². The Bertz CT molecular complexity index is 682. The average Bonchev–Trinajstić information content (AvgIpc) is 2.56. The van der Waals surface area contributed by atoms with Gasteiger partial charge in [0.1, 0.15) is 6.54 Å². The highest BCUT2D eigenvalue weighted by atomic mass is 16.2. The van der Waals surface area contributed by atoms with Crippen LogP contribution in [0.1, 0.15) is 17.5 Å². The van der Waals surface area contributed by atoms with Gasteiger partial charge in [0.2, 0.25) is 11.8 Å². The molecule has 0 saturated carbocycles. The molecule has 0 aromatic heterocycles. The molecule has 0 bridgehead atoms. The fourth-order valence-electron chi connectivity index (χ4n) is 2.67. The van der Waals surface area contributed by atoms with E-state index in [1.807, 2.05) is 54.6 Å². The zero-order valence-electron chi connectivity index (χ0n) is 12.3. The van der Waals surface area contributed by atoms with Crippen LogP contribution in [0.5, 0.6) is 0 Å². The molecule has 2 aromatic carbocycles. The molecule has 0 saturated heterocycles. The summed E-state index contributed by atoms with van der Waals surface area (Å²) in [6.45, 7) is 0.548. The van der Waals surface area contributed by atoms with E-state index in [1.54, 1.807) is 4.90 Å². The lowest BCUT2D eigenvalue weighted by atomic mass is 10.0. The Morgan fingerprint density at radius 2 is 1.73 bits per heavy atom. The molecule has 1 aliphatic heterocycles. The number of nitrogens with zero attached hydrogens (tertiary/aromatic N) is 1. The monoisotopic (exact) mass is 294 g/mol. The largest absolute Gasteiger partial charge is 0.350 e. The number of amides is 2. The maximum atomic E-state index is 12.1. The number of hydrogen-bond acceptors (Lipinski definition) is 2. The summed E-state index contributed by atoms with van der Waals surface area (Å²) in [4.78, 5) is 25.8. The van der Waals surface area contributed by atoms with Crippen LogP contribution in [0, 0.1) is 0 Å². The summed E-state index contributed by atoms with van der Waals surface area (Å²) in [5.41, 5.74) is 3.02. The van der Waals surface area contributed by atoms with E-state index in [0.717, 1.165) is 23.2 Å². The zero-order chi connectivity index (χ0) is 15.4. The Labute approximate surface area is 129 Å². The first-order valence-electron chi connectivity index (χ1n) is 7.43. The van der Waals surface area contributed by atoms with Gasteiger partial charge in [0.25, 0.3) is 0 Å². The van der Waals surface area contributed by atoms with Gasteiger partial charge in [-0.05, 0) is 23.6 Å². The number of nitrogens with one attached hydrogen (secondary N) is 1. The van der Waals surface area contributed by atoms with Crippen LogP contribution in [-0.4, -0.2) is 18.4 Å². The van der Waals surface area contributed by atoms with Gasteiger partial charge in [0.15, 0.2) is 0 Å². The first-order valence-corrected chi connectivity index (χ1v) is 7.43. The standard InChI is InChI=1S/C18H18N2O2/c21-17(19-12-14-6-2-1-3-7-14)13-20-16-9-5-4-8-15(16)10-11-18(20)22/h1-9H,10-13H2,(H,19,21). The number of carbonyl (C=O) groups excluding carboxylic acids is 2. The summed E-state index contributed by atoms with van der Waals surface area (Å²) in [5.74, 6) is -0.137. The molecule has 0 aliphatic carbocycles. The second kappa shape index (κ2) is 6.43. The summed E-state index contributed by atoms with van der Waals surface area (Å²) in [7, 11) is 0. The molecular formula is C18H18N2O2. The van der Waals surface area contributed by atoms with Crippen LogP contribution < -0.4 is 10.2 Å². The molecule has 0 spiro atoms. The minimum Gasteiger partial charge on any atom is -0.350 e. The number of carbonyl (C=O) groups is 2. The molecule has 2 aromatic rings. The number of benzene rings is 2. The highest BCUT2D eigenvalue weighted by Crippen LogP contribution is 2.26. The summed E-state index contributed by atoms with van der Waals surface area (Å²) in [5, 5.41) is 2.86. The summed E-state index contributed by atoms with van der Waals surface area (Å²) in [6.07, 6.45) is 1.21. The van der Waals surface area contributed by atoms with Gasteiger partial charge in [-0.2, -0.15) is 0 Å². The molecule has 1 heterocycles. The van der Waals surface area contributed by atoms with Crippen molar-refractivity contribution in [1.82, 2.24) is 5.32 Å². The van der Waals surface area contributed by atoms with E-state index in [4.69, 9.17) is 0 Å². The SMILES string of the molecule is O=C(CN1C(=O)CCc2ccccc21)NCc1ccccc1. The number of rotatable bonds is 4. The predicted molar refractivity (Wildman–Crippen MR) is 85.4 cm³/mol. The Morgan fingerprint density at radius 1 is 1.00 bits per heavy atom. The van der Waals surface area contributed by atoms with E-state index in [-0.39, 0.29) is 18.4 Å². The van der Waals surface area contributed by atoms with Crippen LogP contribution in [0.25, 0.3) is 0 Å². The summed E-state index contributed by atoms with van der Waals surface area (Å²) in [6, 6.07) is 17.5. The molecule has 1 aliphatic rings. The fourth-order valence-corrected chi connectivity index (χ4v) is 2.67. The van der Waals surface area contributed by atoms with E-state index in [9.17, 15) is 9.59 Å². The maximum absolute atomic E-state index is 12.1. The Kier molecular flexibility index (Phi) is 4.19. The Morgan fingerprint density at radius 3 is 2.55 bits per heavy atom. The molecule has 0 fully saturated rings. The number of fused-ring (bicyclic) bond motifs is 1. The van der Waals surface area contributed by atoms with E-state index in [2.05, 4.69) is 5.32 Å². The van der Waals surface area contributed by atoms with Gasteiger partial charge in [-0.25, -0.2) is 0 Å². The molecule has 0 unspecified atom stereocenters. The van der Waals surface area contributed by atoms with Crippen molar-refractivity contribution in [3.8, 4) is 0 Å². The molecule has 22 heavy (non-hydrogen) atoms. The van der Waals surface area contributed by atoms with Crippen molar-refractivity contribution in [3.63, 3.8) is 0 Å². The van der Waals surface area contributed by atoms with E-state index in [0.29, 0.717) is 13.0 Å². The lowest BCUT2D eigenvalue weighted by Gasteiger charge is -2.28. The van der Waals surface area contributed by atoms with Gasteiger partial charge < -0.3 is 10.2 Å². The highest BCUT2D eigenvalue weighted by Gasteiger charge is 2.25. The first-order chi connectivity index (χ1) is 10.7. The van der Waals surface area contributed by atoms with Crippen molar-refractivity contribution in [2.75, 3.05) is 11.4 Å². The second-order valence-electron chi connectivity index (χ2n) is 5.37. The van der Waals surface area contributed by atoms with Crippen LogP contribution >= 0.6 is 0 Å². The molecular weight excluding hydrogens is 276 g/mol. The third kappa shape index (κ3) is 3.17. The number of hydrogen-bond donors (Lipinski definition) is 1. The van der Waals surface area contributed by atoms with Crippen molar-refractivity contribution in [3.05, 3.63) is 65.7 Å². The molecule has 4 heteroatoms. The van der Waals surface area contributed by atoms with Crippen LogP contribution in [-0.2, 0) is 22.6 Å². The Hall–Kier alpha value is -2.62. The minimum absolute atomic E-state index is 0.00793. The van der Waals surface area contributed by atoms with Crippen molar-refractivity contribution >= 4 is 17.5 Å². The van der Waals surface area contributed by atoms with Crippen LogP contribution in [0.3, 0.4) is 0 Å². The topological polar surface area (TPSA) is 49.4 Å². The van der Waals surface area contributed by atoms with E-state index in [1.165, 1.54) is 0 Å². The normalized spacial score (nSPS) is 13.6. The smallest absolute Gasteiger partial charge is 0.240 e. The quantitative estimate of drug-likeness (QED) is 0.940. The number of para-hydroxylation sites is 1. The minimum atomic E-state index is -0.145.